The zero-order valence-electron chi connectivity index (χ0n) is 8.72. The summed E-state index contributed by atoms with van der Waals surface area (Å²) in [5.41, 5.74) is -0.705. The topological polar surface area (TPSA) is 56.7 Å². The lowest BCUT2D eigenvalue weighted by atomic mass is 10.3. The zero-order valence-corrected chi connectivity index (χ0v) is 8.72. The van der Waals surface area contributed by atoms with Gasteiger partial charge in [-0.3, -0.25) is 4.57 Å². The lowest BCUT2D eigenvalue weighted by Crippen LogP contribution is -2.09. The number of imidazole rings is 1. The normalized spacial score (nSPS) is 12.2. The fourth-order valence-electron chi connectivity index (χ4n) is 1.63. The monoisotopic (exact) mass is 254 g/mol. The Morgan fingerprint density at radius 2 is 2.00 bits per heavy atom. The molecule has 0 aliphatic rings. The van der Waals surface area contributed by atoms with Crippen LogP contribution in [0.2, 0.25) is 0 Å². The van der Waals surface area contributed by atoms with E-state index in [0.29, 0.717) is 5.69 Å². The average molecular weight is 254 g/mol. The Balaban J connectivity index is 2.28. The van der Waals surface area contributed by atoms with Crippen molar-refractivity contribution in [3.8, 4) is 5.69 Å². The number of hydrogen-bond acceptors (Lipinski definition) is 4. The van der Waals surface area contributed by atoms with Gasteiger partial charge in [0.25, 0.3) is 0 Å². The minimum absolute atomic E-state index is 0.0822. The number of aromatic nitrogens is 4. The molecular formula is C10H5F3N4O. The molecule has 0 aliphatic heterocycles. The Morgan fingerprint density at radius 3 is 2.67 bits per heavy atom. The molecule has 3 aromatic heterocycles. The van der Waals surface area contributed by atoms with Crippen LogP contribution in [0.15, 0.2) is 35.7 Å². The predicted molar refractivity (Wildman–Crippen MR) is 53.9 cm³/mol. The van der Waals surface area contributed by atoms with Crippen LogP contribution in [0.3, 0.4) is 0 Å². The van der Waals surface area contributed by atoms with Crippen LogP contribution in [-0.2, 0) is 6.18 Å². The molecule has 0 atom stereocenters. The molecule has 0 fully saturated rings. The third-order valence-electron chi connectivity index (χ3n) is 2.39. The zero-order chi connectivity index (χ0) is 12.8. The van der Waals surface area contributed by atoms with Crippen LogP contribution < -0.4 is 0 Å². The Hall–Kier alpha value is -2.38. The lowest BCUT2D eigenvalue weighted by Gasteiger charge is -2.05. The molecule has 0 unspecified atom stereocenters. The van der Waals surface area contributed by atoms with Gasteiger partial charge in [0.05, 0.1) is 12.0 Å². The van der Waals surface area contributed by atoms with Crippen LogP contribution in [0.1, 0.15) is 5.69 Å². The highest BCUT2D eigenvalue weighted by atomic mass is 19.4. The van der Waals surface area contributed by atoms with Crippen molar-refractivity contribution in [3.05, 3.63) is 36.9 Å². The molecule has 18 heavy (non-hydrogen) atoms. The van der Waals surface area contributed by atoms with Crippen molar-refractivity contribution in [2.45, 2.75) is 6.18 Å². The van der Waals surface area contributed by atoms with E-state index in [9.17, 15) is 13.2 Å². The standard InChI is InChI=1S/C10H5F3N4O/c11-10(12,13)8-7-9(15-4-14-8)17(5-16-7)6-1-2-18-3-6/h1-5H. The molecule has 0 spiro atoms. The maximum atomic E-state index is 12.7. The first-order valence-electron chi connectivity index (χ1n) is 4.85. The van der Waals surface area contributed by atoms with Gasteiger partial charge in [-0.05, 0) is 0 Å². The highest BCUT2D eigenvalue weighted by Crippen LogP contribution is 2.32. The minimum Gasteiger partial charge on any atom is -0.470 e. The number of halogens is 3. The van der Waals surface area contributed by atoms with Gasteiger partial charge >= 0.3 is 6.18 Å². The molecule has 0 bridgehead atoms. The van der Waals surface area contributed by atoms with Gasteiger partial charge in [0.1, 0.15) is 24.4 Å². The van der Waals surface area contributed by atoms with E-state index >= 15 is 0 Å². The van der Waals surface area contributed by atoms with E-state index < -0.39 is 11.9 Å². The second kappa shape index (κ2) is 3.56. The van der Waals surface area contributed by atoms with E-state index in [1.165, 1.54) is 23.4 Å². The predicted octanol–water partition coefficient (Wildman–Crippen LogP) is 2.43. The Bertz CT molecular complexity index is 687. The quantitative estimate of drug-likeness (QED) is 0.669. The molecule has 5 nitrogen and oxygen atoms in total. The van der Waals surface area contributed by atoms with Crippen molar-refractivity contribution in [2.24, 2.45) is 0 Å². The third-order valence-corrected chi connectivity index (χ3v) is 2.39. The van der Waals surface area contributed by atoms with E-state index in [4.69, 9.17) is 4.42 Å². The summed E-state index contributed by atoms with van der Waals surface area (Å²) < 4.78 is 44.4. The first-order valence-corrected chi connectivity index (χ1v) is 4.85. The van der Waals surface area contributed by atoms with Crippen molar-refractivity contribution in [1.82, 2.24) is 19.5 Å². The summed E-state index contributed by atoms with van der Waals surface area (Å²) in [5, 5.41) is 0. The van der Waals surface area contributed by atoms with Crippen molar-refractivity contribution < 1.29 is 17.6 Å². The number of alkyl halides is 3. The second-order valence-electron chi connectivity index (χ2n) is 3.49. The molecule has 0 amide bonds. The van der Waals surface area contributed by atoms with Crippen LogP contribution >= 0.6 is 0 Å². The highest BCUT2D eigenvalue weighted by molar-refractivity contribution is 5.75. The van der Waals surface area contributed by atoms with Crippen molar-refractivity contribution in [3.63, 3.8) is 0 Å². The number of hydrogen-bond donors (Lipinski definition) is 0. The Kier molecular flexibility index (Phi) is 2.12. The number of nitrogens with zero attached hydrogens (tertiary/aromatic N) is 4. The number of rotatable bonds is 1. The molecule has 0 saturated carbocycles. The van der Waals surface area contributed by atoms with Crippen LogP contribution in [0.4, 0.5) is 13.2 Å². The number of furan rings is 1. The summed E-state index contributed by atoms with van der Waals surface area (Å²) in [6.07, 6.45) is 0.350. The minimum atomic E-state index is -4.56. The summed E-state index contributed by atoms with van der Waals surface area (Å²) in [6.45, 7) is 0. The molecule has 0 aromatic carbocycles. The molecule has 0 radical (unpaired) electrons. The second-order valence-corrected chi connectivity index (χ2v) is 3.49. The van der Waals surface area contributed by atoms with E-state index in [1.807, 2.05) is 0 Å². The molecule has 8 heteroatoms. The van der Waals surface area contributed by atoms with Crippen LogP contribution in [-0.4, -0.2) is 19.5 Å². The van der Waals surface area contributed by atoms with Gasteiger partial charge in [0, 0.05) is 6.07 Å². The largest absolute Gasteiger partial charge is 0.470 e. The molecule has 3 heterocycles. The van der Waals surface area contributed by atoms with E-state index in [2.05, 4.69) is 15.0 Å². The fourth-order valence-corrected chi connectivity index (χ4v) is 1.63. The number of fused-ring (bicyclic) bond motifs is 1. The van der Waals surface area contributed by atoms with E-state index in [1.54, 1.807) is 6.07 Å². The van der Waals surface area contributed by atoms with E-state index in [-0.39, 0.29) is 11.2 Å². The fraction of sp³-hybridized carbons (Fsp3) is 0.100. The van der Waals surface area contributed by atoms with Gasteiger partial charge in [-0.2, -0.15) is 13.2 Å². The first-order chi connectivity index (χ1) is 8.57. The van der Waals surface area contributed by atoms with Gasteiger partial charge in [-0.15, -0.1) is 0 Å². The third kappa shape index (κ3) is 1.53. The van der Waals surface area contributed by atoms with Gasteiger partial charge < -0.3 is 4.42 Å². The van der Waals surface area contributed by atoms with Crippen LogP contribution in [0.5, 0.6) is 0 Å². The Morgan fingerprint density at radius 1 is 1.17 bits per heavy atom. The van der Waals surface area contributed by atoms with Gasteiger partial charge in [0.2, 0.25) is 0 Å². The van der Waals surface area contributed by atoms with Crippen molar-refractivity contribution in [2.75, 3.05) is 0 Å². The Labute approximate surface area is 97.9 Å². The smallest absolute Gasteiger partial charge is 0.435 e. The molecule has 0 N–H and O–H groups in total. The summed E-state index contributed by atoms with van der Waals surface area (Å²) in [7, 11) is 0. The van der Waals surface area contributed by atoms with E-state index in [0.717, 1.165) is 6.33 Å². The van der Waals surface area contributed by atoms with Crippen LogP contribution in [0.25, 0.3) is 16.9 Å². The molecular weight excluding hydrogens is 249 g/mol. The van der Waals surface area contributed by atoms with Crippen molar-refractivity contribution >= 4 is 11.2 Å². The molecule has 0 aliphatic carbocycles. The van der Waals surface area contributed by atoms with Gasteiger partial charge in [-0.25, -0.2) is 15.0 Å². The maximum Gasteiger partial charge on any atom is 0.435 e. The summed E-state index contributed by atoms with van der Waals surface area (Å²) in [5.74, 6) is 0. The maximum absolute atomic E-state index is 12.7. The van der Waals surface area contributed by atoms with Gasteiger partial charge in [0.15, 0.2) is 11.3 Å². The summed E-state index contributed by atoms with van der Waals surface area (Å²) >= 11 is 0. The summed E-state index contributed by atoms with van der Waals surface area (Å²) in [4.78, 5) is 10.8. The molecule has 92 valence electrons. The molecule has 0 saturated heterocycles. The molecule has 3 rings (SSSR count). The SMILES string of the molecule is FC(F)(F)c1ncnc2c1ncn2-c1ccoc1. The van der Waals surface area contributed by atoms with Crippen LogP contribution in [0, 0.1) is 0 Å². The lowest BCUT2D eigenvalue weighted by molar-refractivity contribution is -0.140. The summed E-state index contributed by atoms with van der Waals surface area (Å²) in [6, 6.07) is 1.59. The van der Waals surface area contributed by atoms with Gasteiger partial charge in [-0.1, -0.05) is 0 Å². The van der Waals surface area contributed by atoms with Crippen molar-refractivity contribution in [1.29, 1.82) is 0 Å². The molecule has 3 aromatic rings. The highest BCUT2D eigenvalue weighted by Gasteiger charge is 2.36. The average Bonchev–Trinajstić information content (AvgIpc) is 2.95. The first kappa shape index (κ1) is 10.8.